The van der Waals surface area contributed by atoms with E-state index >= 15 is 0 Å². The van der Waals surface area contributed by atoms with Crippen LogP contribution >= 0.6 is 0 Å². The highest BCUT2D eigenvalue weighted by atomic mass is 16.5. The van der Waals surface area contributed by atoms with E-state index in [0.717, 1.165) is 11.3 Å². The lowest BCUT2D eigenvalue weighted by Crippen LogP contribution is -2.06. The van der Waals surface area contributed by atoms with Crippen LogP contribution < -0.4 is 0 Å². The van der Waals surface area contributed by atoms with Gasteiger partial charge < -0.3 is 4.74 Å². The molecule has 18 heavy (non-hydrogen) atoms. The van der Waals surface area contributed by atoms with Gasteiger partial charge in [0.25, 0.3) is 0 Å². The molecular weight excluding hydrogens is 220 g/mol. The molecule has 90 valence electrons. The summed E-state index contributed by atoms with van der Waals surface area (Å²) in [6.07, 6.45) is 2.24. The van der Waals surface area contributed by atoms with Gasteiger partial charge in [0.1, 0.15) is 11.9 Å². The Morgan fingerprint density at radius 3 is 2.67 bits per heavy atom. The fourth-order valence-corrected chi connectivity index (χ4v) is 2.39. The molecule has 2 aromatic carbocycles. The zero-order chi connectivity index (χ0) is 12.5. The molecule has 0 aliphatic carbocycles. The van der Waals surface area contributed by atoms with Crippen LogP contribution in [0.5, 0.6) is 0 Å². The number of hydrogen-bond acceptors (Lipinski definition) is 1. The second-order valence-corrected chi connectivity index (χ2v) is 4.77. The molecule has 0 unspecified atom stereocenters. The molecule has 3 rings (SSSR count). The first-order valence-electron chi connectivity index (χ1n) is 6.28. The van der Waals surface area contributed by atoms with E-state index in [1.165, 1.54) is 16.7 Å². The Labute approximate surface area is 108 Å². The maximum atomic E-state index is 6.01. The Balaban J connectivity index is 2.08. The van der Waals surface area contributed by atoms with Gasteiger partial charge in [-0.3, -0.25) is 0 Å². The first-order valence-corrected chi connectivity index (χ1v) is 6.28. The molecule has 0 fully saturated rings. The summed E-state index contributed by atoms with van der Waals surface area (Å²) in [6, 6.07) is 16.8. The molecule has 0 N–H and O–H groups in total. The molecule has 0 radical (unpaired) electrons. The second kappa shape index (κ2) is 4.34. The van der Waals surface area contributed by atoms with Crippen LogP contribution in [0.4, 0.5) is 0 Å². The van der Waals surface area contributed by atoms with Crippen LogP contribution in [-0.2, 0) is 4.74 Å². The summed E-state index contributed by atoms with van der Waals surface area (Å²) in [6.45, 7) is 4.20. The van der Waals surface area contributed by atoms with Crippen molar-refractivity contribution in [1.29, 1.82) is 0 Å². The first-order chi connectivity index (χ1) is 8.74. The van der Waals surface area contributed by atoms with Crippen molar-refractivity contribution in [3.8, 4) is 0 Å². The van der Waals surface area contributed by atoms with Crippen LogP contribution in [0, 0.1) is 6.92 Å². The van der Waals surface area contributed by atoms with Gasteiger partial charge in [-0.05, 0) is 37.1 Å². The normalized spacial score (nSPS) is 17.7. The van der Waals surface area contributed by atoms with E-state index in [4.69, 9.17) is 4.74 Å². The molecule has 1 atom stereocenters. The fourth-order valence-electron chi connectivity index (χ4n) is 2.39. The molecule has 1 heterocycles. The molecule has 0 aromatic heterocycles. The number of hydrogen-bond donors (Lipinski definition) is 0. The number of rotatable bonds is 1. The number of aryl methyl sites for hydroxylation is 1. The van der Waals surface area contributed by atoms with Crippen molar-refractivity contribution in [2.45, 2.75) is 20.0 Å². The van der Waals surface area contributed by atoms with Crippen LogP contribution in [0.3, 0.4) is 0 Å². The van der Waals surface area contributed by atoms with E-state index in [0.29, 0.717) is 0 Å². The third-order valence-corrected chi connectivity index (χ3v) is 3.33. The summed E-state index contributed by atoms with van der Waals surface area (Å²) < 4.78 is 6.01. The third-order valence-electron chi connectivity index (χ3n) is 3.33. The molecule has 0 amide bonds. The van der Waals surface area contributed by atoms with Crippen molar-refractivity contribution in [2.75, 3.05) is 0 Å². The van der Waals surface area contributed by atoms with Gasteiger partial charge in [0.2, 0.25) is 0 Å². The molecule has 2 aromatic rings. The Hall–Kier alpha value is -2.02. The average molecular weight is 236 g/mol. The average Bonchev–Trinajstić information content (AvgIpc) is 2.39. The summed E-state index contributed by atoms with van der Waals surface area (Å²) in [5, 5.41) is 0. The van der Waals surface area contributed by atoms with Crippen LogP contribution in [0.15, 0.2) is 48.5 Å². The fraction of sp³-hybridized carbons (Fsp3) is 0.176. The summed E-state index contributed by atoms with van der Waals surface area (Å²) in [5.74, 6) is 0.963. The first kappa shape index (κ1) is 11.1. The van der Waals surface area contributed by atoms with Gasteiger partial charge in [-0.25, -0.2) is 0 Å². The van der Waals surface area contributed by atoms with E-state index in [2.05, 4.69) is 68.5 Å². The SMILES string of the molecule is Cc1cccc(C2=Cc3ccccc3[C@H](C)O2)c1. The molecule has 1 aliphatic heterocycles. The summed E-state index contributed by atoms with van der Waals surface area (Å²) in [4.78, 5) is 0. The number of fused-ring (bicyclic) bond motifs is 1. The maximum absolute atomic E-state index is 6.01. The second-order valence-electron chi connectivity index (χ2n) is 4.77. The summed E-state index contributed by atoms with van der Waals surface area (Å²) in [7, 11) is 0. The van der Waals surface area contributed by atoms with E-state index in [9.17, 15) is 0 Å². The minimum atomic E-state index is 0.113. The maximum Gasteiger partial charge on any atom is 0.128 e. The van der Waals surface area contributed by atoms with Crippen LogP contribution in [0.25, 0.3) is 11.8 Å². The van der Waals surface area contributed by atoms with Gasteiger partial charge in [0.05, 0.1) is 0 Å². The minimum Gasteiger partial charge on any atom is -0.485 e. The monoisotopic (exact) mass is 236 g/mol. The van der Waals surface area contributed by atoms with Crippen molar-refractivity contribution < 1.29 is 4.74 Å². The highest BCUT2D eigenvalue weighted by Crippen LogP contribution is 2.35. The molecule has 0 bridgehead atoms. The predicted octanol–water partition coefficient (Wildman–Crippen LogP) is 4.58. The van der Waals surface area contributed by atoms with Crippen LogP contribution in [-0.4, -0.2) is 0 Å². The van der Waals surface area contributed by atoms with Gasteiger partial charge in [-0.1, -0.05) is 48.0 Å². The molecule has 1 nitrogen and oxygen atoms in total. The van der Waals surface area contributed by atoms with Crippen molar-refractivity contribution in [1.82, 2.24) is 0 Å². The number of ether oxygens (including phenoxy) is 1. The van der Waals surface area contributed by atoms with E-state index in [1.807, 2.05) is 0 Å². The molecule has 0 spiro atoms. The highest BCUT2D eigenvalue weighted by Gasteiger charge is 2.18. The smallest absolute Gasteiger partial charge is 0.128 e. The van der Waals surface area contributed by atoms with Gasteiger partial charge >= 0.3 is 0 Å². The van der Waals surface area contributed by atoms with Crippen molar-refractivity contribution in [3.05, 3.63) is 70.8 Å². The van der Waals surface area contributed by atoms with Crippen molar-refractivity contribution >= 4 is 11.8 Å². The van der Waals surface area contributed by atoms with Gasteiger partial charge in [-0.15, -0.1) is 0 Å². The third kappa shape index (κ3) is 1.92. The quantitative estimate of drug-likeness (QED) is 0.704. The Kier molecular flexibility index (Phi) is 2.67. The largest absolute Gasteiger partial charge is 0.485 e. The number of benzene rings is 2. The Bertz CT molecular complexity index is 611. The molecular formula is C17H16O. The topological polar surface area (TPSA) is 9.23 Å². The van der Waals surface area contributed by atoms with Gasteiger partial charge in [-0.2, -0.15) is 0 Å². The summed E-state index contributed by atoms with van der Waals surface area (Å²) >= 11 is 0. The molecule has 1 aliphatic rings. The van der Waals surface area contributed by atoms with E-state index in [-0.39, 0.29) is 6.10 Å². The lowest BCUT2D eigenvalue weighted by molar-refractivity contribution is 0.186. The van der Waals surface area contributed by atoms with Gasteiger partial charge in [0.15, 0.2) is 0 Å². The standard InChI is InChI=1S/C17H16O/c1-12-6-5-8-15(10-12)17-11-14-7-3-4-9-16(14)13(2)18-17/h3-11,13H,1-2H3/t13-/m0/s1. The minimum absolute atomic E-state index is 0.113. The lowest BCUT2D eigenvalue weighted by Gasteiger charge is -2.24. The Morgan fingerprint density at radius 2 is 1.83 bits per heavy atom. The Morgan fingerprint density at radius 1 is 1.00 bits per heavy atom. The van der Waals surface area contributed by atoms with Crippen molar-refractivity contribution in [3.63, 3.8) is 0 Å². The molecule has 0 saturated heterocycles. The highest BCUT2D eigenvalue weighted by molar-refractivity contribution is 5.80. The molecule has 0 saturated carbocycles. The van der Waals surface area contributed by atoms with E-state index in [1.54, 1.807) is 0 Å². The van der Waals surface area contributed by atoms with Crippen molar-refractivity contribution in [2.24, 2.45) is 0 Å². The summed E-state index contributed by atoms with van der Waals surface area (Å²) in [5.41, 5.74) is 4.92. The zero-order valence-electron chi connectivity index (χ0n) is 10.7. The molecule has 1 heteroatoms. The predicted molar refractivity (Wildman–Crippen MR) is 75.0 cm³/mol. The van der Waals surface area contributed by atoms with E-state index < -0.39 is 0 Å². The van der Waals surface area contributed by atoms with Gasteiger partial charge in [0, 0.05) is 5.56 Å². The zero-order valence-corrected chi connectivity index (χ0v) is 10.7. The van der Waals surface area contributed by atoms with Crippen LogP contribution in [0.1, 0.15) is 35.3 Å². The van der Waals surface area contributed by atoms with Crippen LogP contribution in [0.2, 0.25) is 0 Å². The lowest BCUT2D eigenvalue weighted by atomic mass is 9.98.